The van der Waals surface area contributed by atoms with Crippen molar-refractivity contribution >= 4 is 5.96 Å². The summed E-state index contributed by atoms with van der Waals surface area (Å²) in [5.41, 5.74) is 1.51. The minimum absolute atomic E-state index is 0.459. The van der Waals surface area contributed by atoms with Crippen LogP contribution in [0, 0.1) is 5.41 Å². The Balaban J connectivity index is 1.67. The lowest BCUT2D eigenvalue weighted by Crippen LogP contribution is -2.46. The van der Waals surface area contributed by atoms with E-state index in [0.717, 1.165) is 30.6 Å². The van der Waals surface area contributed by atoms with Crippen molar-refractivity contribution in [3.63, 3.8) is 0 Å². The SMILES string of the molecule is CCNC(=NCc1nncn1-c1ccccc1)NCC1(CC)CCC1. The van der Waals surface area contributed by atoms with Gasteiger partial charge in [-0.3, -0.25) is 4.57 Å². The van der Waals surface area contributed by atoms with Crippen molar-refractivity contribution in [1.29, 1.82) is 0 Å². The summed E-state index contributed by atoms with van der Waals surface area (Å²) >= 11 is 0. The molecule has 1 aromatic carbocycles. The van der Waals surface area contributed by atoms with Gasteiger partial charge in [0.05, 0.1) is 0 Å². The Kier molecular flexibility index (Phi) is 5.68. The molecule has 1 aliphatic rings. The van der Waals surface area contributed by atoms with Crippen LogP contribution in [0.3, 0.4) is 0 Å². The van der Waals surface area contributed by atoms with Gasteiger partial charge in [-0.1, -0.05) is 31.5 Å². The summed E-state index contributed by atoms with van der Waals surface area (Å²) in [6.45, 7) is 6.69. The van der Waals surface area contributed by atoms with Crippen molar-refractivity contribution in [2.75, 3.05) is 13.1 Å². The number of nitrogens with one attached hydrogen (secondary N) is 2. The van der Waals surface area contributed by atoms with Crippen molar-refractivity contribution in [3.05, 3.63) is 42.5 Å². The zero-order valence-corrected chi connectivity index (χ0v) is 15.2. The Morgan fingerprint density at radius 2 is 2.00 bits per heavy atom. The molecule has 0 bridgehead atoms. The maximum absolute atomic E-state index is 4.71. The van der Waals surface area contributed by atoms with E-state index in [0.29, 0.717) is 12.0 Å². The molecule has 134 valence electrons. The molecule has 0 radical (unpaired) electrons. The van der Waals surface area contributed by atoms with Gasteiger partial charge in [0.2, 0.25) is 0 Å². The number of hydrogen-bond donors (Lipinski definition) is 2. The largest absolute Gasteiger partial charge is 0.357 e. The third-order valence-electron chi connectivity index (χ3n) is 5.17. The molecule has 0 unspecified atom stereocenters. The lowest BCUT2D eigenvalue weighted by atomic mass is 9.67. The van der Waals surface area contributed by atoms with Crippen molar-refractivity contribution < 1.29 is 0 Å². The van der Waals surface area contributed by atoms with E-state index in [1.54, 1.807) is 6.33 Å². The normalized spacial score (nSPS) is 16.3. The van der Waals surface area contributed by atoms with E-state index in [1.165, 1.54) is 25.7 Å². The first kappa shape index (κ1) is 17.5. The number of aliphatic imine (C=N–C) groups is 1. The minimum atomic E-state index is 0.459. The summed E-state index contributed by atoms with van der Waals surface area (Å²) in [5.74, 6) is 1.68. The smallest absolute Gasteiger partial charge is 0.191 e. The number of guanidine groups is 1. The van der Waals surface area contributed by atoms with Crippen LogP contribution in [-0.2, 0) is 6.54 Å². The van der Waals surface area contributed by atoms with E-state index in [-0.39, 0.29) is 0 Å². The Hall–Kier alpha value is -2.37. The van der Waals surface area contributed by atoms with E-state index < -0.39 is 0 Å². The molecule has 1 aromatic heterocycles. The fourth-order valence-electron chi connectivity index (χ4n) is 3.27. The van der Waals surface area contributed by atoms with Crippen LogP contribution in [0.5, 0.6) is 0 Å². The van der Waals surface area contributed by atoms with E-state index >= 15 is 0 Å². The molecule has 6 heteroatoms. The van der Waals surface area contributed by atoms with Crippen molar-refractivity contribution in [1.82, 2.24) is 25.4 Å². The van der Waals surface area contributed by atoms with Gasteiger partial charge in [0.15, 0.2) is 11.8 Å². The standard InChI is InChI=1S/C19H28N6/c1-3-19(11-8-12-19)14-22-18(20-4-2)21-13-17-24-23-15-25(17)16-9-6-5-7-10-16/h5-7,9-10,15H,3-4,8,11-14H2,1-2H3,(H2,20,21,22). The number of nitrogens with zero attached hydrogens (tertiary/aromatic N) is 4. The third-order valence-corrected chi connectivity index (χ3v) is 5.17. The van der Waals surface area contributed by atoms with Gasteiger partial charge in [-0.25, -0.2) is 4.99 Å². The lowest BCUT2D eigenvalue weighted by molar-refractivity contribution is 0.131. The topological polar surface area (TPSA) is 67.1 Å². The minimum Gasteiger partial charge on any atom is -0.357 e. The molecule has 2 N–H and O–H groups in total. The molecule has 25 heavy (non-hydrogen) atoms. The van der Waals surface area contributed by atoms with Gasteiger partial charge in [-0.05, 0) is 43.7 Å². The summed E-state index contributed by atoms with van der Waals surface area (Å²) in [6, 6.07) is 10.1. The molecule has 3 rings (SSSR count). The van der Waals surface area contributed by atoms with Gasteiger partial charge in [-0.2, -0.15) is 0 Å². The van der Waals surface area contributed by atoms with E-state index in [2.05, 4.69) is 34.7 Å². The third kappa shape index (κ3) is 4.18. The van der Waals surface area contributed by atoms with E-state index in [4.69, 9.17) is 4.99 Å². The molecule has 0 amide bonds. The quantitative estimate of drug-likeness (QED) is 0.601. The Bertz CT molecular complexity index is 681. The van der Waals surface area contributed by atoms with Gasteiger partial charge < -0.3 is 10.6 Å². The summed E-state index contributed by atoms with van der Waals surface area (Å²) in [5, 5.41) is 15.1. The van der Waals surface area contributed by atoms with Crippen molar-refractivity contribution in [2.24, 2.45) is 10.4 Å². The van der Waals surface area contributed by atoms with Crippen LogP contribution < -0.4 is 10.6 Å². The molecule has 2 aromatic rings. The predicted octanol–water partition coefficient (Wildman–Crippen LogP) is 2.90. The molecule has 1 saturated carbocycles. The second-order valence-corrected chi connectivity index (χ2v) is 6.71. The maximum atomic E-state index is 4.71. The molecule has 0 saturated heterocycles. The van der Waals surface area contributed by atoms with Crippen LogP contribution in [0.15, 0.2) is 41.7 Å². The maximum Gasteiger partial charge on any atom is 0.191 e. The second-order valence-electron chi connectivity index (χ2n) is 6.71. The molecule has 6 nitrogen and oxygen atoms in total. The highest BCUT2D eigenvalue weighted by Gasteiger charge is 2.34. The first-order valence-electron chi connectivity index (χ1n) is 9.23. The number of aromatic nitrogens is 3. The molecule has 0 atom stereocenters. The Labute approximate surface area is 149 Å². The first-order valence-corrected chi connectivity index (χ1v) is 9.23. The number of hydrogen-bond acceptors (Lipinski definition) is 3. The van der Waals surface area contributed by atoms with E-state index in [9.17, 15) is 0 Å². The molecule has 1 aliphatic carbocycles. The number of rotatable bonds is 7. The molecule has 1 fully saturated rings. The molecule has 0 aliphatic heterocycles. The Morgan fingerprint density at radius 3 is 2.64 bits per heavy atom. The summed E-state index contributed by atoms with van der Waals surface area (Å²) in [4.78, 5) is 4.71. The highest BCUT2D eigenvalue weighted by Crippen LogP contribution is 2.42. The van der Waals surface area contributed by atoms with Crippen LogP contribution in [-0.4, -0.2) is 33.8 Å². The summed E-state index contributed by atoms with van der Waals surface area (Å²) in [7, 11) is 0. The average molecular weight is 340 g/mol. The summed E-state index contributed by atoms with van der Waals surface area (Å²) in [6.07, 6.45) is 6.95. The van der Waals surface area contributed by atoms with Crippen LogP contribution in [0.25, 0.3) is 5.69 Å². The summed E-state index contributed by atoms with van der Waals surface area (Å²) < 4.78 is 1.98. The highest BCUT2D eigenvalue weighted by molar-refractivity contribution is 5.79. The number of para-hydroxylation sites is 1. The molecule has 0 spiro atoms. The van der Waals surface area contributed by atoms with Crippen molar-refractivity contribution in [3.8, 4) is 5.69 Å². The fourth-order valence-corrected chi connectivity index (χ4v) is 3.27. The average Bonchev–Trinajstić information content (AvgIpc) is 3.08. The first-order chi connectivity index (χ1) is 12.3. The monoisotopic (exact) mass is 340 g/mol. The van der Waals surface area contributed by atoms with Gasteiger partial charge in [-0.15, -0.1) is 10.2 Å². The van der Waals surface area contributed by atoms with Gasteiger partial charge >= 0.3 is 0 Å². The highest BCUT2D eigenvalue weighted by atomic mass is 15.3. The fraction of sp³-hybridized carbons (Fsp3) is 0.526. The van der Waals surface area contributed by atoms with E-state index in [1.807, 2.05) is 34.9 Å². The van der Waals surface area contributed by atoms with Gasteiger partial charge in [0, 0.05) is 18.8 Å². The van der Waals surface area contributed by atoms with Crippen LogP contribution in [0.4, 0.5) is 0 Å². The van der Waals surface area contributed by atoms with Crippen molar-refractivity contribution in [2.45, 2.75) is 46.1 Å². The second kappa shape index (κ2) is 8.14. The lowest BCUT2D eigenvalue weighted by Gasteiger charge is -2.41. The zero-order chi connectivity index (χ0) is 17.5. The molecular weight excluding hydrogens is 312 g/mol. The van der Waals surface area contributed by atoms with Crippen LogP contribution >= 0.6 is 0 Å². The molecular formula is C19H28N6. The Morgan fingerprint density at radius 1 is 1.20 bits per heavy atom. The molecule has 1 heterocycles. The van der Waals surface area contributed by atoms with Gasteiger partial charge in [0.25, 0.3) is 0 Å². The zero-order valence-electron chi connectivity index (χ0n) is 15.2. The predicted molar refractivity (Wildman–Crippen MR) is 101 cm³/mol. The van der Waals surface area contributed by atoms with Crippen LogP contribution in [0.1, 0.15) is 45.4 Å². The van der Waals surface area contributed by atoms with Gasteiger partial charge in [0.1, 0.15) is 12.9 Å². The number of benzene rings is 1. The van der Waals surface area contributed by atoms with Crippen LogP contribution in [0.2, 0.25) is 0 Å².